The lowest BCUT2D eigenvalue weighted by Crippen LogP contribution is -2.41. The maximum atomic E-state index is 11.9. The molecule has 0 saturated carbocycles. The molecule has 0 aromatic carbocycles. The quantitative estimate of drug-likeness (QED) is 0.142. The fraction of sp³-hybridized carbons (Fsp3) is 0.750. The molecule has 1 fully saturated rings. The first-order valence-electron chi connectivity index (χ1n) is 9.51. The molecule has 1 saturated heterocycles. The third kappa shape index (κ3) is 6.38. The minimum Gasteiger partial charge on any atom is -0.468 e. The van der Waals surface area contributed by atoms with Gasteiger partial charge in [0.1, 0.15) is 0 Å². The predicted octanol–water partition coefficient (Wildman–Crippen LogP) is 3.85. The Kier molecular flexibility index (Phi) is 9.28. The number of hydrogen-bond acceptors (Lipinski definition) is 6. The van der Waals surface area contributed by atoms with E-state index in [1.54, 1.807) is 0 Å². The summed E-state index contributed by atoms with van der Waals surface area (Å²) in [7, 11) is 1.95. The molecule has 0 bridgehead atoms. The number of ether oxygens (including phenoxy) is 2. The lowest BCUT2D eigenvalue weighted by molar-refractivity contribution is -0.158. The Balaban J connectivity index is 3.18. The van der Waals surface area contributed by atoms with Gasteiger partial charge in [0.15, 0.2) is 5.92 Å². The van der Waals surface area contributed by atoms with Crippen molar-refractivity contribution in [3.8, 4) is 0 Å². The van der Waals surface area contributed by atoms with E-state index in [4.69, 9.17) is 30.4 Å². The molecule has 0 aromatic rings. The number of carbonyl (C=O) groups excluding carboxylic acids is 2. The monoisotopic (exact) mass is 414 g/mol. The van der Waals surface area contributed by atoms with Crippen molar-refractivity contribution in [2.45, 2.75) is 71.5 Å². The van der Waals surface area contributed by atoms with Crippen molar-refractivity contribution in [1.82, 2.24) is 0 Å². The molecule has 0 amide bonds. The van der Waals surface area contributed by atoms with Crippen LogP contribution in [0.2, 0.25) is 0 Å². The summed E-state index contributed by atoms with van der Waals surface area (Å²) < 4.78 is 21.7. The van der Waals surface area contributed by atoms with Gasteiger partial charge in [0, 0.05) is 11.4 Å². The first-order valence-corrected chi connectivity index (χ1v) is 10.0. The van der Waals surface area contributed by atoms with Crippen molar-refractivity contribution in [2.24, 2.45) is 5.92 Å². The van der Waals surface area contributed by atoms with Gasteiger partial charge in [-0.3, -0.25) is 9.59 Å². The maximum absolute atomic E-state index is 11.9. The largest absolute Gasteiger partial charge is 0.498 e. The zero-order chi connectivity index (χ0) is 21.5. The lowest BCUT2D eigenvalue weighted by atomic mass is 9.75. The molecule has 0 N–H and O–H groups in total. The second kappa shape index (κ2) is 10.5. The van der Waals surface area contributed by atoms with Crippen LogP contribution in [0.5, 0.6) is 0 Å². The molecule has 1 aliphatic rings. The topological polar surface area (TPSA) is 71.1 Å². The lowest BCUT2D eigenvalue weighted by Gasteiger charge is -2.32. The number of alkyl halides is 1. The highest BCUT2D eigenvalue weighted by Crippen LogP contribution is 2.39. The summed E-state index contributed by atoms with van der Waals surface area (Å²) >= 11 is 5.81. The molecule has 28 heavy (non-hydrogen) atoms. The minimum atomic E-state index is -1.02. The molecule has 0 aromatic heterocycles. The number of hydrogen-bond donors (Lipinski definition) is 0. The van der Waals surface area contributed by atoms with E-state index < -0.39 is 36.2 Å². The average Bonchev–Trinajstić information content (AvgIpc) is 2.85. The van der Waals surface area contributed by atoms with Crippen molar-refractivity contribution in [1.29, 1.82) is 0 Å². The van der Waals surface area contributed by atoms with Crippen LogP contribution in [-0.4, -0.2) is 50.4 Å². The molecule has 1 aliphatic heterocycles. The van der Waals surface area contributed by atoms with Crippen molar-refractivity contribution < 1.29 is 28.4 Å². The first-order chi connectivity index (χ1) is 13.0. The van der Waals surface area contributed by atoms with E-state index in [1.807, 2.05) is 34.6 Å². The summed E-state index contributed by atoms with van der Waals surface area (Å²) in [5, 5.41) is 0. The normalized spacial score (nSPS) is 17.2. The van der Waals surface area contributed by atoms with Crippen LogP contribution in [-0.2, 0) is 28.4 Å². The standard InChI is InChI=1S/C20H32BClO6/c1-14(13-16(17(23)25-6)18(24)26-7)12-15(10-8-9-11-22)21-27-19(2,3)20(4,5)28-21/h16H,8-11,13H2,1-7H3. The number of carbonyl (C=O) groups is 2. The zero-order valence-electron chi connectivity index (χ0n) is 18.0. The van der Waals surface area contributed by atoms with Gasteiger partial charge in [-0.1, -0.05) is 0 Å². The molecule has 1 heterocycles. The van der Waals surface area contributed by atoms with E-state index >= 15 is 0 Å². The Bertz CT molecular complexity index is 605. The number of rotatable bonds is 9. The van der Waals surface area contributed by atoms with E-state index in [0.29, 0.717) is 12.3 Å². The maximum Gasteiger partial charge on any atom is 0.498 e. The highest BCUT2D eigenvalue weighted by Gasteiger charge is 2.52. The van der Waals surface area contributed by atoms with Gasteiger partial charge in [-0.25, -0.2) is 0 Å². The molecule has 0 spiro atoms. The Morgan fingerprint density at radius 2 is 1.54 bits per heavy atom. The fourth-order valence-electron chi connectivity index (χ4n) is 2.81. The Morgan fingerprint density at radius 3 is 1.96 bits per heavy atom. The highest BCUT2D eigenvalue weighted by molar-refractivity contribution is 6.54. The fourth-order valence-corrected chi connectivity index (χ4v) is 3.00. The van der Waals surface area contributed by atoms with Gasteiger partial charge in [-0.15, -0.1) is 17.3 Å². The van der Waals surface area contributed by atoms with Gasteiger partial charge in [0.05, 0.1) is 25.4 Å². The van der Waals surface area contributed by atoms with Gasteiger partial charge < -0.3 is 18.8 Å². The molecule has 6 nitrogen and oxygen atoms in total. The zero-order valence-corrected chi connectivity index (χ0v) is 18.8. The number of methoxy groups -OCH3 is 2. The molecular formula is C20H32BClO6. The summed E-state index contributed by atoms with van der Waals surface area (Å²) in [5.74, 6) is -1.71. The number of halogens is 1. The molecule has 0 atom stereocenters. The molecule has 0 unspecified atom stereocenters. The summed E-state index contributed by atoms with van der Waals surface area (Å²) in [6, 6.07) is 0. The first kappa shape index (κ1) is 24.8. The smallest absolute Gasteiger partial charge is 0.468 e. The van der Waals surface area contributed by atoms with Crippen LogP contribution in [0.25, 0.3) is 0 Å². The minimum absolute atomic E-state index is 0.151. The van der Waals surface area contributed by atoms with Gasteiger partial charge in [-0.05, 0) is 65.9 Å². The summed E-state index contributed by atoms with van der Waals surface area (Å²) in [5.41, 5.74) is 3.93. The SMILES string of the molecule is COC(=O)C(CC(C)=C=C(CCCCCl)B1OC(C)(C)C(C)(C)O1)C(=O)OC. The molecule has 0 radical (unpaired) electrons. The molecule has 158 valence electrons. The summed E-state index contributed by atoms with van der Waals surface area (Å²) in [6.45, 7) is 9.77. The van der Waals surface area contributed by atoms with Crippen molar-refractivity contribution >= 4 is 30.7 Å². The van der Waals surface area contributed by atoms with Crippen molar-refractivity contribution in [2.75, 3.05) is 20.1 Å². The van der Waals surface area contributed by atoms with Crippen LogP contribution in [0.1, 0.15) is 60.3 Å². The van der Waals surface area contributed by atoms with E-state index in [0.717, 1.165) is 23.9 Å². The van der Waals surface area contributed by atoms with E-state index in [9.17, 15) is 9.59 Å². The average molecular weight is 415 g/mol. The van der Waals surface area contributed by atoms with Gasteiger partial charge in [0.2, 0.25) is 0 Å². The van der Waals surface area contributed by atoms with E-state index in [-0.39, 0.29) is 6.42 Å². The van der Waals surface area contributed by atoms with Crippen LogP contribution < -0.4 is 0 Å². The summed E-state index contributed by atoms with van der Waals surface area (Å²) in [4.78, 5) is 23.9. The van der Waals surface area contributed by atoms with Crippen LogP contribution >= 0.6 is 11.6 Å². The molecular weight excluding hydrogens is 382 g/mol. The second-order valence-electron chi connectivity index (χ2n) is 7.97. The van der Waals surface area contributed by atoms with E-state index in [2.05, 4.69) is 5.73 Å². The van der Waals surface area contributed by atoms with Gasteiger partial charge in [-0.2, -0.15) is 0 Å². The van der Waals surface area contributed by atoms with Crippen LogP contribution in [0, 0.1) is 5.92 Å². The molecule has 0 aliphatic carbocycles. The number of unbranched alkanes of at least 4 members (excludes halogenated alkanes) is 1. The highest BCUT2D eigenvalue weighted by atomic mass is 35.5. The van der Waals surface area contributed by atoms with Crippen LogP contribution in [0.15, 0.2) is 16.8 Å². The van der Waals surface area contributed by atoms with Crippen LogP contribution in [0.4, 0.5) is 0 Å². The van der Waals surface area contributed by atoms with Gasteiger partial charge >= 0.3 is 19.1 Å². The second-order valence-corrected chi connectivity index (χ2v) is 8.35. The van der Waals surface area contributed by atoms with Crippen molar-refractivity contribution in [3.63, 3.8) is 0 Å². The summed E-state index contributed by atoms with van der Waals surface area (Å²) in [6.07, 6.45) is 2.57. The Morgan fingerprint density at radius 1 is 1.04 bits per heavy atom. The third-order valence-electron chi connectivity index (χ3n) is 5.22. The Labute approximate surface area is 173 Å². The van der Waals surface area contributed by atoms with Gasteiger partial charge in [0.25, 0.3) is 0 Å². The third-order valence-corrected chi connectivity index (χ3v) is 5.49. The predicted molar refractivity (Wildman–Crippen MR) is 109 cm³/mol. The van der Waals surface area contributed by atoms with E-state index in [1.165, 1.54) is 14.2 Å². The number of esters is 2. The van der Waals surface area contributed by atoms with Crippen LogP contribution in [0.3, 0.4) is 0 Å². The van der Waals surface area contributed by atoms with Crippen molar-refractivity contribution in [3.05, 3.63) is 16.8 Å². The molecule has 1 rings (SSSR count). The molecule has 8 heteroatoms. The number of allylic oxidation sites excluding steroid dienone is 1. The Hall–Kier alpha value is -1.27.